The van der Waals surface area contributed by atoms with Crippen molar-refractivity contribution >= 4 is 17.5 Å². The highest BCUT2D eigenvalue weighted by atomic mass is 16.4. The maximum Gasteiger partial charge on any atom is 0.310 e. The number of hydrogen-bond donors (Lipinski definition) is 1. The number of carboxylic acid groups (broad SMARTS) is 1. The Morgan fingerprint density at radius 2 is 1.67 bits per heavy atom. The number of rotatable bonds is 1. The van der Waals surface area contributed by atoms with Gasteiger partial charge in [-0.3, -0.25) is 14.4 Å². The predicted molar refractivity (Wildman–Crippen MR) is 99.8 cm³/mol. The maximum absolute atomic E-state index is 12.9. The fourth-order valence-electron chi connectivity index (χ4n) is 8.04. The van der Waals surface area contributed by atoms with E-state index in [2.05, 4.69) is 12.2 Å². The molecule has 4 fully saturated rings. The van der Waals surface area contributed by atoms with Crippen molar-refractivity contribution in [2.45, 2.75) is 64.2 Å². The van der Waals surface area contributed by atoms with Crippen molar-refractivity contribution in [1.29, 1.82) is 0 Å². The molecule has 8 atom stereocenters. The largest absolute Gasteiger partial charge is 0.481 e. The quantitative estimate of drug-likeness (QED) is 0.559. The molecule has 0 heterocycles. The number of carbonyl (C=O) groups excluding carboxylic acids is 2. The van der Waals surface area contributed by atoms with E-state index in [1.807, 2.05) is 0 Å². The molecule has 4 heteroatoms. The van der Waals surface area contributed by atoms with Gasteiger partial charge < -0.3 is 5.11 Å². The molecule has 4 saturated carbocycles. The van der Waals surface area contributed by atoms with Gasteiger partial charge in [-0.2, -0.15) is 0 Å². The van der Waals surface area contributed by atoms with Crippen LogP contribution < -0.4 is 0 Å². The van der Waals surface area contributed by atoms with E-state index < -0.39 is 17.3 Å². The van der Waals surface area contributed by atoms with Crippen LogP contribution in [0.1, 0.15) is 64.2 Å². The molecular weight excluding hydrogens is 340 g/mol. The molecule has 0 saturated heterocycles. The van der Waals surface area contributed by atoms with Gasteiger partial charge in [-0.25, -0.2) is 0 Å². The van der Waals surface area contributed by atoms with Crippen LogP contribution in [-0.2, 0) is 14.4 Å². The Kier molecular flexibility index (Phi) is 4.10. The second-order valence-corrected chi connectivity index (χ2v) is 9.92. The monoisotopic (exact) mass is 370 g/mol. The Labute approximate surface area is 160 Å². The molecule has 5 rings (SSSR count). The van der Waals surface area contributed by atoms with Crippen molar-refractivity contribution in [3.05, 3.63) is 12.2 Å². The number of carbonyl (C=O) groups is 3. The molecule has 146 valence electrons. The SMILES string of the molecule is O=C1CCC2(C(=O)O)CCC3C4CCC5CCC=CC5C4CCC3C2C1=O. The van der Waals surface area contributed by atoms with Crippen molar-refractivity contribution in [3.8, 4) is 0 Å². The van der Waals surface area contributed by atoms with Crippen LogP contribution in [0, 0.1) is 46.8 Å². The van der Waals surface area contributed by atoms with Crippen molar-refractivity contribution < 1.29 is 19.5 Å². The van der Waals surface area contributed by atoms with Gasteiger partial charge in [0.2, 0.25) is 5.78 Å². The van der Waals surface area contributed by atoms with E-state index in [4.69, 9.17) is 0 Å². The van der Waals surface area contributed by atoms with Gasteiger partial charge in [-0.05, 0) is 93.3 Å². The van der Waals surface area contributed by atoms with Gasteiger partial charge >= 0.3 is 5.97 Å². The number of hydrogen-bond acceptors (Lipinski definition) is 3. The summed E-state index contributed by atoms with van der Waals surface area (Å²) < 4.78 is 0. The summed E-state index contributed by atoms with van der Waals surface area (Å²) in [6.07, 6.45) is 13.9. The Balaban J connectivity index is 1.47. The summed E-state index contributed by atoms with van der Waals surface area (Å²) in [5.74, 6) is 1.30. The van der Waals surface area contributed by atoms with Crippen LogP contribution in [0.4, 0.5) is 0 Å². The highest BCUT2D eigenvalue weighted by Crippen LogP contribution is 2.62. The second-order valence-electron chi connectivity index (χ2n) is 9.92. The molecule has 0 aromatic heterocycles. The van der Waals surface area contributed by atoms with Gasteiger partial charge in [0.05, 0.1) is 5.41 Å². The first-order valence-electron chi connectivity index (χ1n) is 11.0. The first-order valence-corrected chi connectivity index (χ1v) is 11.0. The molecule has 5 aliphatic carbocycles. The average molecular weight is 370 g/mol. The topological polar surface area (TPSA) is 71.4 Å². The van der Waals surface area contributed by atoms with Gasteiger partial charge in [-0.1, -0.05) is 12.2 Å². The van der Waals surface area contributed by atoms with Crippen molar-refractivity contribution in [2.75, 3.05) is 0 Å². The molecule has 8 unspecified atom stereocenters. The number of carboxylic acids is 1. The van der Waals surface area contributed by atoms with Crippen LogP contribution in [0.3, 0.4) is 0 Å². The fraction of sp³-hybridized carbons (Fsp3) is 0.783. The minimum Gasteiger partial charge on any atom is -0.481 e. The molecule has 0 bridgehead atoms. The van der Waals surface area contributed by atoms with Crippen molar-refractivity contribution in [2.24, 2.45) is 46.8 Å². The fourth-order valence-corrected chi connectivity index (χ4v) is 8.04. The smallest absolute Gasteiger partial charge is 0.310 e. The van der Waals surface area contributed by atoms with Gasteiger partial charge in [0.25, 0.3) is 0 Å². The van der Waals surface area contributed by atoms with Crippen LogP contribution in [0.5, 0.6) is 0 Å². The summed E-state index contributed by atoms with van der Waals surface area (Å²) in [5, 5.41) is 10.0. The number of aliphatic carboxylic acids is 1. The van der Waals surface area contributed by atoms with Gasteiger partial charge in [0.15, 0.2) is 5.78 Å². The first kappa shape index (κ1) is 17.6. The van der Waals surface area contributed by atoms with E-state index >= 15 is 0 Å². The average Bonchev–Trinajstić information content (AvgIpc) is 2.69. The number of allylic oxidation sites excluding steroid dienone is 2. The third-order valence-corrected chi connectivity index (χ3v) is 9.18. The van der Waals surface area contributed by atoms with Crippen LogP contribution in [0.25, 0.3) is 0 Å². The molecule has 0 aromatic rings. The van der Waals surface area contributed by atoms with Gasteiger partial charge in [0, 0.05) is 12.3 Å². The lowest BCUT2D eigenvalue weighted by Crippen LogP contribution is -2.59. The number of fused-ring (bicyclic) bond motifs is 7. The van der Waals surface area contributed by atoms with E-state index in [1.54, 1.807) is 0 Å². The van der Waals surface area contributed by atoms with Crippen molar-refractivity contribution in [3.63, 3.8) is 0 Å². The Morgan fingerprint density at radius 1 is 0.926 bits per heavy atom. The normalized spacial score (nSPS) is 48.8. The minimum absolute atomic E-state index is 0.108. The summed E-state index contributed by atoms with van der Waals surface area (Å²) >= 11 is 0. The summed E-state index contributed by atoms with van der Waals surface area (Å²) in [5.41, 5.74) is -0.971. The predicted octanol–water partition coefficient (Wildman–Crippen LogP) is 4.03. The lowest BCUT2D eigenvalue weighted by atomic mass is 9.45. The highest BCUT2D eigenvalue weighted by Gasteiger charge is 2.62. The minimum atomic E-state index is -0.971. The maximum atomic E-state index is 12.9. The van der Waals surface area contributed by atoms with Crippen molar-refractivity contribution in [1.82, 2.24) is 0 Å². The number of ketones is 2. The van der Waals surface area contributed by atoms with Crippen LogP contribution >= 0.6 is 0 Å². The molecule has 0 spiro atoms. The van der Waals surface area contributed by atoms with E-state index in [9.17, 15) is 19.5 Å². The van der Waals surface area contributed by atoms with E-state index in [0.29, 0.717) is 36.5 Å². The Bertz CT molecular complexity index is 709. The first-order chi connectivity index (χ1) is 13.0. The Morgan fingerprint density at radius 3 is 2.48 bits per heavy atom. The standard InChI is InChI=1S/C23H30O4/c24-19-10-12-23(22(26)27)11-9-17-16-6-5-13-3-1-2-4-14(13)15(16)7-8-18(17)20(23)21(19)25/h2,4,13-18,20H,1,3,5-12H2,(H,26,27). The second kappa shape index (κ2) is 6.28. The van der Waals surface area contributed by atoms with Crippen LogP contribution in [-0.4, -0.2) is 22.6 Å². The zero-order chi connectivity index (χ0) is 18.8. The zero-order valence-electron chi connectivity index (χ0n) is 15.9. The van der Waals surface area contributed by atoms with E-state index in [1.165, 1.54) is 25.7 Å². The molecule has 5 aliphatic rings. The summed E-state index contributed by atoms with van der Waals surface area (Å²) in [4.78, 5) is 37.3. The molecular formula is C23H30O4. The molecule has 0 aliphatic heterocycles. The Hall–Kier alpha value is -1.45. The van der Waals surface area contributed by atoms with E-state index in [-0.39, 0.29) is 23.9 Å². The summed E-state index contributed by atoms with van der Waals surface area (Å²) in [7, 11) is 0. The lowest BCUT2D eigenvalue weighted by molar-refractivity contribution is -0.176. The molecule has 0 amide bonds. The van der Waals surface area contributed by atoms with Gasteiger partial charge in [-0.15, -0.1) is 0 Å². The van der Waals surface area contributed by atoms with Crippen LogP contribution in [0.2, 0.25) is 0 Å². The molecule has 4 nitrogen and oxygen atoms in total. The zero-order valence-corrected chi connectivity index (χ0v) is 15.9. The number of Topliss-reactive ketones (excluding diaryl/α,β-unsaturated/α-hetero) is 2. The summed E-state index contributed by atoms with van der Waals surface area (Å²) in [6, 6.07) is 0. The molecule has 0 radical (unpaired) electrons. The lowest BCUT2D eigenvalue weighted by Gasteiger charge is -2.58. The molecule has 27 heavy (non-hydrogen) atoms. The van der Waals surface area contributed by atoms with E-state index in [0.717, 1.165) is 25.2 Å². The summed E-state index contributed by atoms with van der Waals surface area (Å²) in [6.45, 7) is 0. The molecule has 0 aromatic carbocycles. The highest BCUT2D eigenvalue weighted by molar-refractivity contribution is 6.39. The third kappa shape index (κ3) is 2.44. The third-order valence-electron chi connectivity index (χ3n) is 9.18. The van der Waals surface area contributed by atoms with Gasteiger partial charge in [0.1, 0.15) is 0 Å². The molecule has 1 N–H and O–H groups in total. The van der Waals surface area contributed by atoms with Crippen LogP contribution in [0.15, 0.2) is 12.2 Å².